The molecule has 0 bridgehead atoms. The highest BCUT2D eigenvalue weighted by Gasteiger charge is 2.25. The van der Waals surface area contributed by atoms with Gasteiger partial charge in [0.05, 0.1) is 6.61 Å². The van der Waals surface area contributed by atoms with E-state index in [-0.39, 0.29) is 24.6 Å². The fourth-order valence-corrected chi connectivity index (χ4v) is 4.80. The van der Waals surface area contributed by atoms with E-state index in [0.717, 1.165) is 19.3 Å². The third-order valence-electron chi connectivity index (χ3n) is 5.25. The topological polar surface area (TPSA) is 84.9 Å². The smallest absolute Gasteiger partial charge is 0.409 e. The summed E-state index contributed by atoms with van der Waals surface area (Å²) in [7, 11) is 0. The maximum Gasteiger partial charge on any atom is 0.409 e. The minimum atomic E-state index is -0.431. The maximum absolute atomic E-state index is 12.3. The number of fused-ring (bicyclic) bond motifs is 1. The van der Waals surface area contributed by atoms with Gasteiger partial charge in [-0.2, -0.15) is 0 Å². The Morgan fingerprint density at radius 3 is 2.68 bits per heavy atom. The van der Waals surface area contributed by atoms with Gasteiger partial charge in [0.2, 0.25) is 0 Å². The molecule has 1 aromatic heterocycles. The van der Waals surface area contributed by atoms with Gasteiger partial charge >= 0.3 is 12.1 Å². The second-order valence-electron chi connectivity index (χ2n) is 7.51. The monoisotopic (exact) mass is 408 g/mol. The van der Waals surface area contributed by atoms with Crippen LogP contribution in [0.15, 0.2) is 6.07 Å². The molecule has 0 spiro atoms. The van der Waals surface area contributed by atoms with Gasteiger partial charge in [0, 0.05) is 24.0 Å². The molecular weight excluding hydrogens is 380 g/mol. The van der Waals surface area contributed by atoms with Crippen molar-refractivity contribution >= 4 is 29.3 Å². The molecule has 1 aliphatic heterocycles. The number of carbonyl (C=O) groups excluding carboxylic acids is 3. The van der Waals surface area contributed by atoms with Crippen LogP contribution in [-0.4, -0.2) is 55.2 Å². The average Bonchev–Trinajstić information content (AvgIpc) is 3.10. The average molecular weight is 409 g/mol. The molecule has 1 saturated heterocycles. The Balaban J connectivity index is 1.40. The first-order valence-corrected chi connectivity index (χ1v) is 10.8. The molecule has 2 aliphatic rings. The van der Waals surface area contributed by atoms with Crippen molar-refractivity contribution in [2.24, 2.45) is 5.92 Å². The number of ether oxygens (including phenoxy) is 2. The van der Waals surface area contributed by atoms with Gasteiger partial charge in [0.25, 0.3) is 5.91 Å². The number of nitrogens with one attached hydrogen (secondary N) is 1. The van der Waals surface area contributed by atoms with E-state index >= 15 is 0 Å². The predicted molar refractivity (Wildman–Crippen MR) is 106 cm³/mol. The van der Waals surface area contributed by atoms with E-state index in [9.17, 15) is 14.4 Å². The van der Waals surface area contributed by atoms with E-state index < -0.39 is 5.97 Å². The van der Waals surface area contributed by atoms with Crippen LogP contribution in [0.1, 0.15) is 53.2 Å². The number of likely N-dealkylation sites (tertiary alicyclic amines) is 1. The molecule has 154 valence electrons. The van der Waals surface area contributed by atoms with Crippen LogP contribution in [0.5, 0.6) is 0 Å². The highest BCUT2D eigenvalue weighted by atomic mass is 32.1. The fraction of sp³-hybridized carbons (Fsp3) is 0.650. The lowest BCUT2D eigenvalue weighted by Crippen LogP contribution is -2.47. The summed E-state index contributed by atoms with van der Waals surface area (Å²) in [6.07, 6.45) is 4.18. The normalized spacial score (nSPS) is 19.6. The Labute approximate surface area is 169 Å². The van der Waals surface area contributed by atoms with Gasteiger partial charge in [-0.05, 0) is 56.6 Å². The van der Waals surface area contributed by atoms with Gasteiger partial charge in [-0.1, -0.05) is 6.92 Å². The summed E-state index contributed by atoms with van der Waals surface area (Å²) in [5, 5.41) is 2.88. The number of rotatable bonds is 5. The van der Waals surface area contributed by atoms with E-state index in [1.807, 2.05) is 6.07 Å². The van der Waals surface area contributed by atoms with Crippen molar-refractivity contribution in [3.63, 3.8) is 0 Å². The Morgan fingerprint density at radius 2 is 1.96 bits per heavy atom. The van der Waals surface area contributed by atoms with Crippen LogP contribution in [0.25, 0.3) is 0 Å². The zero-order valence-electron chi connectivity index (χ0n) is 16.5. The minimum Gasteiger partial charge on any atom is -0.451 e. The summed E-state index contributed by atoms with van der Waals surface area (Å²) >= 11 is 1.48. The first-order valence-electron chi connectivity index (χ1n) is 9.96. The van der Waals surface area contributed by atoms with E-state index in [2.05, 4.69) is 12.2 Å². The van der Waals surface area contributed by atoms with E-state index in [0.29, 0.717) is 43.3 Å². The molecule has 8 heteroatoms. The van der Waals surface area contributed by atoms with Crippen LogP contribution in [0.4, 0.5) is 4.79 Å². The zero-order chi connectivity index (χ0) is 20.1. The van der Waals surface area contributed by atoms with E-state index in [1.54, 1.807) is 11.8 Å². The largest absolute Gasteiger partial charge is 0.451 e. The van der Waals surface area contributed by atoms with Crippen molar-refractivity contribution in [2.75, 3.05) is 26.3 Å². The summed E-state index contributed by atoms with van der Waals surface area (Å²) in [5.41, 5.74) is 1.24. The zero-order valence-corrected chi connectivity index (χ0v) is 17.3. The molecule has 2 amide bonds. The van der Waals surface area contributed by atoms with Crippen LogP contribution in [0, 0.1) is 5.92 Å². The second-order valence-corrected chi connectivity index (χ2v) is 8.65. The molecular formula is C20H28N2O5S. The van der Waals surface area contributed by atoms with Gasteiger partial charge in [0.1, 0.15) is 4.88 Å². The van der Waals surface area contributed by atoms with E-state index in [4.69, 9.17) is 9.47 Å². The van der Waals surface area contributed by atoms with Gasteiger partial charge < -0.3 is 19.7 Å². The van der Waals surface area contributed by atoms with Crippen LogP contribution >= 0.6 is 11.3 Å². The Bertz CT molecular complexity index is 724. The quantitative estimate of drug-likeness (QED) is 0.758. The SMILES string of the molecule is CCOC(=O)N1CCC(NC(=O)COC(=O)c2cc3c(s2)CCC(C)C3)CC1. The highest BCUT2D eigenvalue weighted by molar-refractivity contribution is 7.14. The molecule has 3 rings (SSSR count). The Kier molecular flexibility index (Phi) is 6.93. The molecule has 7 nitrogen and oxygen atoms in total. The van der Waals surface area contributed by atoms with Crippen LogP contribution < -0.4 is 5.32 Å². The van der Waals surface area contributed by atoms with Gasteiger partial charge in [0.15, 0.2) is 6.61 Å². The third kappa shape index (κ3) is 5.25. The fourth-order valence-electron chi connectivity index (χ4n) is 3.70. The number of hydrogen-bond acceptors (Lipinski definition) is 6. The summed E-state index contributed by atoms with van der Waals surface area (Å²) in [4.78, 5) is 39.6. The van der Waals surface area contributed by atoms with Crippen LogP contribution in [-0.2, 0) is 27.1 Å². The lowest BCUT2D eigenvalue weighted by atomic mass is 9.90. The number of thiophene rings is 1. The maximum atomic E-state index is 12.3. The van der Waals surface area contributed by atoms with Crippen molar-refractivity contribution in [2.45, 2.75) is 52.0 Å². The summed E-state index contributed by atoms with van der Waals surface area (Å²) in [6, 6.07) is 1.90. The molecule has 1 N–H and O–H groups in total. The molecule has 0 saturated carbocycles. The number of carbonyl (C=O) groups is 3. The molecule has 1 aliphatic carbocycles. The molecule has 1 fully saturated rings. The van der Waals surface area contributed by atoms with Gasteiger partial charge in [-0.15, -0.1) is 11.3 Å². The molecule has 1 atom stereocenters. The minimum absolute atomic E-state index is 0.0209. The lowest BCUT2D eigenvalue weighted by Gasteiger charge is -2.31. The molecule has 0 radical (unpaired) electrons. The van der Waals surface area contributed by atoms with Crippen molar-refractivity contribution in [3.05, 3.63) is 21.4 Å². The predicted octanol–water partition coefficient (Wildman–Crippen LogP) is 2.77. The van der Waals surface area contributed by atoms with Crippen LogP contribution in [0.2, 0.25) is 0 Å². The van der Waals surface area contributed by atoms with Gasteiger partial charge in [-0.25, -0.2) is 9.59 Å². The van der Waals surface area contributed by atoms with E-state index in [1.165, 1.54) is 21.8 Å². The standard InChI is InChI=1S/C20H28N2O5S/c1-3-26-20(25)22-8-6-15(7-9-22)21-18(23)12-27-19(24)17-11-14-10-13(2)4-5-16(14)28-17/h11,13,15H,3-10,12H2,1-2H3,(H,21,23). The van der Waals surface area contributed by atoms with Crippen molar-refractivity contribution in [1.29, 1.82) is 0 Å². The van der Waals surface area contributed by atoms with Crippen molar-refractivity contribution in [3.8, 4) is 0 Å². The third-order valence-corrected chi connectivity index (χ3v) is 6.47. The van der Waals surface area contributed by atoms with Crippen LogP contribution in [0.3, 0.4) is 0 Å². The second kappa shape index (κ2) is 9.41. The number of amides is 2. The molecule has 1 aromatic rings. The molecule has 2 heterocycles. The van der Waals surface area contributed by atoms with Gasteiger partial charge in [-0.3, -0.25) is 4.79 Å². The summed E-state index contributed by atoms with van der Waals surface area (Å²) in [5.74, 6) is -0.0933. The number of esters is 1. The molecule has 0 aromatic carbocycles. The Morgan fingerprint density at radius 1 is 1.21 bits per heavy atom. The first-order chi connectivity index (χ1) is 13.5. The summed E-state index contributed by atoms with van der Waals surface area (Å²) in [6.45, 7) is 5.16. The number of hydrogen-bond donors (Lipinski definition) is 1. The highest BCUT2D eigenvalue weighted by Crippen LogP contribution is 2.32. The number of piperidine rings is 1. The lowest BCUT2D eigenvalue weighted by molar-refractivity contribution is -0.125. The molecule has 1 unspecified atom stereocenters. The molecule has 28 heavy (non-hydrogen) atoms. The summed E-state index contributed by atoms with van der Waals surface area (Å²) < 4.78 is 10.2. The van der Waals surface area contributed by atoms with Crippen molar-refractivity contribution in [1.82, 2.24) is 10.2 Å². The Hall–Kier alpha value is -2.09. The first kappa shape index (κ1) is 20.6. The van der Waals surface area contributed by atoms with Crippen molar-refractivity contribution < 1.29 is 23.9 Å². The number of aryl methyl sites for hydroxylation is 1. The number of nitrogens with zero attached hydrogens (tertiary/aromatic N) is 1.